The van der Waals surface area contributed by atoms with Gasteiger partial charge in [0.05, 0.1) is 18.9 Å². The number of benzene rings is 1. The highest BCUT2D eigenvalue weighted by atomic mass is 16.6. The normalized spacial score (nSPS) is 22.8. The van der Waals surface area contributed by atoms with E-state index < -0.39 is 6.10 Å². The highest BCUT2D eigenvalue weighted by Crippen LogP contribution is 2.47. The van der Waals surface area contributed by atoms with E-state index in [1.54, 1.807) is 0 Å². The van der Waals surface area contributed by atoms with Gasteiger partial charge < -0.3 is 14.7 Å². The molecular weight excluding hydrogens is 462 g/mol. The van der Waals surface area contributed by atoms with Crippen LogP contribution in [0.5, 0.6) is 0 Å². The first-order valence-corrected chi connectivity index (χ1v) is 13.8. The molecule has 0 spiro atoms. The van der Waals surface area contributed by atoms with Gasteiger partial charge in [-0.05, 0) is 68.9 Å². The van der Waals surface area contributed by atoms with Crippen LogP contribution in [0.2, 0.25) is 0 Å². The van der Waals surface area contributed by atoms with Crippen molar-refractivity contribution < 1.29 is 19.5 Å². The molecule has 0 saturated heterocycles. The molecule has 0 aromatic heterocycles. The molecule has 1 aromatic rings. The molecule has 0 amide bonds. The summed E-state index contributed by atoms with van der Waals surface area (Å²) in [6, 6.07) is 10.1. The van der Waals surface area contributed by atoms with Crippen LogP contribution in [0.25, 0.3) is 0 Å². The molecule has 5 heteroatoms. The molecule has 0 radical (unpaired) electrons. The topological polar surface area (TPSA) is 68.1 Å². The number of hydrogen-bond donors (Lipinski definition) is 1. The molecule has 5 nitrogen and oxygen atoms in total. The van der Waals surface area contributed by atoms with Crippen molar-refractivity contribution in [2.75, 3.05) is 13.7 Å². The third-order valence-electron chi connectivity index (χ3n) is 7.72. The number of oxime groups is 1. The summed E-state index contributed by atoms with van der Waals surface area (Å²) in [6.45, 7) is 2.71. The highest BCUT2D eigenvalue weighted by molar-refractivity contribution is 5.91. The van der Waals surface area contributed by atoms with Gasteiger partial charge >= 0.3 is 5.97 Å². The van der Waals surface area contributed by atoms with Crippen molar-refractivity contribution in [2.45, 2.75) is 90.1 Å². The van der Waals surface area contributed by atoms with Gasteiger partial charge in [-0.1, -0.05) is 79.3 Å². The van der Waals surface area contributed by atoms with Crippen molar-refractivity contribution >= 4 is 11.7 Å². The average molecular weight is 506 g/mol. The summed E-state index contributed by atoms with van der Waals surface area (Å²) in [5.41, 5.74) is 2.12. The lowest BCUT2D eigenvalue weighted by molar-refractivity contribution is -0.140. The van der Waals surface area contributed by atoms with Crippen molar-refractivity contribution in [2.24, 2.45) is 16.0 Å². The molecule has 0 heterocycles. The number of aliphatic hydroxyl groups excluding tert-OH is 1. The number of carbonyl (C=O) groups is 1. The van der Waals surface area contributed by atoms with Gasteiger partial charge in [-0.3, -0.25) is 4.79 Å². The molecule has 0 bridgehead atoms. The fourth-order valence-electron chi connectivity index (χ4n) is 5.16. The smallest absolute Gasteiger partial charge is 0.305 e. The van der Waals surface area contributed by atoms with Crippen molar-refractivity contribution in [1.82, 2.24) is 0 Å². The Morgan fingerprint density at radius 2 is 1.95 bits per heavy atom. The van der Waals surface area contributed by atoms with Crippen LogP contribution in [-0.4, -0.2) is 36.6 Å². The summed E-state index contributed by atoms with van der Waals surface area (Å²) in [7, 11) is 1.41. The van der Waals surface area contributed by atoms with Gasteiger partial charge in [0.25, 0.3) is 0 Å². The quantitative estimate of drug-likeness (QED) is 0.112. The van der Waals surface area contributed by atoms with Crippen LogP contribution in [0.15, 0.2) is 59.8 Å². The molecule has 2 atom stereocenters. The summed E-state index contributed by atoms with van der Waals surface area (Å²) in [6.07, 6.45) is 18.9. The van der Waals surface area contributed by atoms with Crippen molar-refractivity contribution in [3.05, 3.63) is 60.2 Å². The molecule has 200 valence electrons. The Bertz CT molecular complexity index is 997. The Balaban J connectivity index is 1.47. The summed E-state index contributed by atoms with van der Waals surface area (Å²) in [4.78, 5) is 16.8. The van der Waals surface area contributed by atoms with Crippen LogP contribution >= 0.6 is 0 Å². The van der Waals surface area contributed by atoms with E-state index in [1.807, 2.05) is 48.6 Å². The van der Waals surface area contributed by atoms with Crippen LogP contribution in [0.3, 0.4) is 0 Å². The minimum absolute atomic E-state index is 0.137. The number of allylic oxidation sites excluding steroid dienone is 3. The van der Waals surface area contributed by atoms with E-state index in [2.05, 4.69) is 34.7 Å². The lowest BCUT2D eigenvalue weighted by Gasteiger charge is -2.41. The van der Waals surface area contributed by atoms with Crippen LogP contribution in [0, 0.1) is 22.7 Å². The van der Waals surface area contributed by atoms with E-state index in [1.165, 1.54) is 13.5 Å². The third-order valence-corrected chi connectivity index (χ3v) is 7.72. The Morgan fingerprint density at radius 3 is 2.68 bits per heavy atom. The molecule has 2 aliphatic rings. The molecule has 2 saturated carbocycles. The summed E-state index contributed by atoms with van der Waals surface area (Å²) in [5, 5.41) is 15.2. The zero-order valence-corrected chi connectivity index (χ0v) is 22.6. The van der Waals surface area contributed by atoms with Crippen LogP contribution in [-0.2, 0) is 14.4 Å². The maximum Gasteiger partial charge on any atom is 0.305 e. The first-order chi connectivity index (χ1) is 17.9. The fourth-order valence-corrected chi connectivity index (χ4v) is 5.16. The fraction of sp³-hybridized carbons (Fsp3) is 0.562. The van der Waals surface area contributed by atoms with Gasteiger partial charge in [-0.2, -0.15) is 0 Å². The monoisotopic (exact) mass is 505 g/mol. The second-order valence-corrected chi connectivity index (χ2v) is 10.7. The first kappa shape index (κ1) is 28.7. The molecule has 1 aromatic carbocycles. The number of carbonyl (C=O) groups excluding carboxylic acids is 1. The summed E-state index contributed by atoms with van der Waals surface area (Å²) in [5.74, 6) is 6.44. The predicted molar refractivity (Wildman–Crippen MR) is 149 cm³/mol. The minimum Gasteiger partial charge on any atom is -0.469 e. The van der Waals surface area contributed by atoms with Gasteiger partial charge in [-0.25, -0.2) is 0 Å². The molecular formula is C32H43NO4. The summed E-state index contributed by atoms with van der Waals surface area (Å²) >= 11 is 0. The van der Waals surface area contributed by atoms with E-state index in [0.717, 1.165) is 75.5 Å². The number of ether oxygens (including phenoxy) is 1. The van der Waals surface area contributed by atoms with Gasteiger partial charge in [0, 0.05) is 23.8 Å². The SMILES string of the molecule is COC(=O)CCCCO/N=C1\CCCC[C@@]1(C)/C=C/C=C/[C@@H](O)CC1(CC#Cc2ccccc2)CCC1. The Labute approximate surface area is 223 Å². The van der Waals surface area contributed by atoms with Crippen molar-refractivity contribution in [3.8, 4) is 11.8 Å². The number of esters is 1. The largest absolute Gasteiger partial charge is 0.469 e. The maximum atomic E-state index is 11.2. The van der Waals surface area contributed by atoms with Crippen LogP contribution in [0.1, 0.15) is 89.5 Å². The number of unbranched alkanes of at least 4 members (excludes halogenated alkanes) is 1. The van der Waals surface area contributed by atoms with E-state index in [9.17, 15) is 9.90 Å². The Hall–Kier alpha value is -2.84. The number of rotatable bonds is 12. The maximum absolute atomic E-state index is 11.2. The molecule has 2 fully saturated rings. The lowest BCUT2D eigenvalue weighted by atomic mass is 9.64. The predicted octanol–water partition coefficient (Wildman–Crippen LogP) is 6.76. The zero-order chi connectivity index (χ0) is 26.4. The molecule has 0 aliphatic heterocycles. The van der Waals surface area contributed by atoms with Gasteiger partial charge in [0.15, 0.2) is 0 Å². The Kier molecular flexibility index (Phi) is 11.5. The highest BCUT2D eigenvalue weighted by Gasteiger charge is 2.37. The molecule has 1 N–H and O–H groups in total. The molecule has 2 aliphatic carbocycles. The number of aliphatic hydroxyl groups is 1. The standard InChI is InChI=1S/C32H43NO4/c1-31(21-10-7-18-29(31)33-37-25-11-8-19-30(35)36-2)20-9-6-17-28(34)26-32(23-13-24-32)22-12-16-27-14-4-3-5-15-27/h3-6,9,14-15,17,20,28,34H,7-8,10-11,13,18-19,21-26H2,1-2H3/b17-6+,20-9+,33-29+/t28-,31-/m1/s1. The average Bonchev–Trinajstić information content (AvgIpc) is 2.88. The van der Waals surface area contributed by atoms with Gasteiger partial charge in [0.1, 0.15) is 6.61 Å². The molecule has 3 rings (SSSR count). The first-order valence-electron chi connectivity index (χ1n) is 13.8. The van der Waals surface area contributed by atoms with Crippen LogP contribution in [0.4, 0.5) is 0 Å². The zero-order valence-electron chi connectivity index (χ0n) is 22.6. The minimum atomic E-state index is -0.468. The summed E-state index contributed by atoms with van der Waals surface area (Å²) < 4.78 is 4.66. The molecule has 0 unspecified atom stereocenters. The number of nitrogens with zero attached hydrogens (tertiary/aromatic N) is 1. The van der Waals surface area contributed by atoms with E-state index in [0.29, 0.717) is 13.0 Å². The second-order valence-electron chi connectivity index (χ2n) is 10.7. The number of methoxy groups -OCH3 is 1. The Morgan fingerprint density at radius 1 is 1.14 bits per heavy atom. The van der Waals surface area contributed by atoms with E-state index >= 15 is 0 Å². The third kappa shape index (κ3) is 9.52. The lowest BCUT2D eigenvalue weighted by Crippen LogP contribution is -2.32. The van der Waals surface area contributed by atoms with E-state index in [4.69, 9.17) is 4.84 Å². The van der Waals surface area contributed by atoms with Gasteiger partial charge in [-0.15, -0.1) is 0 Å². The van der Waals surface area contributed by atoms with Crippen molar-refractivity contribution in [3.63, 3.8) is 0 Å². The number of hydrogen-bond acceptors (Lipinski definition) is 5. The van der Waals surface area contributed by atoms with Crippen LogP contribution < -0.4 is 0 Å². The van der Waals surface area contributed by atoms with E-state index in [-0.39, 0.29) is 16.8 Å². The van der Waals surface area contributed by atoms with Gasteiger partial charge in [0.2, 0.25) is 0 Å². The molecule has 37 heavy (non-hydrogen) atoms. The van der Waals surface area contributed by atoms with Crippen molar-refractivity contribution in [1.29, 1.82) is 0 Å². The second kappa shape index (κ2) is 14.8.